The van der Waals surface area contributed by atoms with Crippen molar-refractivity contribution in [2.24, 2.45) is 0 Å². The number of benzene rings is 2. The van der Waals surface area contributed by atoms with Gasteiger partial charge in [-0.05, 0) is 37.1 Å². The van der Waals surface area contributed by atoms with Crippen molar-refractivity contribution in [3.63, 3.8) is 0 Å². The van der Waals surface area contributed by atoms with Gasteiger partial charge in [0.05, 0.1) is 0 Å². The van der Waals surface area contributed by atoms with Crippen LogP contribution in [0.25, 0.3) is 0 Å². The lowest BCUT2D eigenvalue weighted by molar-refractivity contribution is 0.604. The Bertz CT molecular complexity index is 516. The van der Waals surface area contributed by atoms with E-state index in [0.29, 0.717) is 0 Å². The summed E-state index contributed by atoms with van der Waals surface area (Å²) in [6.07, 6.45) is 4.87. The van der Waals surface area contributed by atoms with E-state index < -0.39 is 10.3 Å². The van der Waals surface area contributed by atoms with Crippen molar-refractivity contribution in [1.29, 1.82) is 0 Å². The summed E-state index contributed by atoms with van der Waals surface area (Å²) in [7, 11) is -1.25. The molecule has 0 aliphatic heterocycles. The van der Waals surface area contributed by atoms with Gasteiger partial charge in [0.1, 0.15) is 5.75 Å². The highest BCUT2D eigenvalue weighted by Crippen LogP contribution is 2.57. The molecule has 0 saturated heterocycles. The molecule has 0 heterocycles. The van der Waals surface area contributed by atoms with E-state index in [1.165, 1.54) is 30.6 Å². The van der Waals surface area contributed by atoms with Crippen molar-refractivity contribution in [3.8, 4) is 5.75 Å². The monoisotopic (exact) mass is 316 g/mol. The predicted molar refractivity (Wildman–Crippen MR) is 98.9 cm³/mol. The quantitative estimate of drug-likeness (QED) is 0.517. The summed E-state index contributed by atoms with van der Waals surface area (Å²) in [5.74, 6) is 3.32. The molecule has 2 rings (SSSR count). The topological polar surface area (TPSA) is 9.23 Å². The van der Waals surface area contributed by atoms with Crippen molar-refractivity contribution >= 4 is 10.3 Å². The van der Waals surface area contributed by atoms with Crippen LogP contribution in [0.3, 0.4) is 0 Å². The molecule has 0 aliphatic rings. The summed E-state index contributed by atoms with van der Waals surface area (Å²) >= 11 is 0. The van der Waals surface area contributed by atoms with Gasteiger partial charge in [-0.3, -0.25) is 0 Å². The number of hydrogen-bond donors (Lipinski definition) is 0. The second kappa shape index (κ2) is 8.89. The normalized spacial score (nSPS) is 12.1. The summed E-state index contributed by atoms with van der Waals surface area (Å²) in [5, 5.41) is 0. The predicted octanol–water partition coefficient (Wildman–Crippen LogP) is 6.44. The molecule has 120 valence electrons. The molecule has 0 N–H and O–H groups in total. The van der Waals surface area contributed by atoms with Crippen LogP contribution in [0.15, 0.2) is 65.6 Å². The fourth-order valence-electron chi connectivity index (χ4n) is 2.55. The van der Waals surface area contributed by atoms with Crippen molar-refractivity contribution in [3.05, 3.63) is 60.7 Å². The SMILES string of the molecule is CCCCS(CCCC)(Oc1ccccc1)c1ccccc1. The van der Waals surface area contributed by atoms with Crippen LogP contribution < -0.4 is 4.18 Å². The fraction of sp³-hybridized carbons (Fsp3) is 0.400. The Kier molecular flexibility index (Phi) is 6.85. The Morgan fingerprint density at radius 2 is 1.23 bits per heavy atom. The molecule has 0 spiro atoms. The van der Waals surface area contributed by atoms with Gasteiger partial charge in [-0.25, -0.2) is 0 Å². The zero-order valence-corrected chi connectivity index (χ0v) is 14.6. The second-order valence-electron chi connectivity index (χ2n) is 5.64. The minimum Gasteiger partial charge on any atom is -0.445 e. The fourth-order valence-corrected chi connectivity index (χ4v) is 6.13. The summed E-state index contributed by atoms with van der Waals surface area (Å²) in [4.78, 5) is 1.39. The second-order valence-corrected chi connectivity index (χ2v) is 8.71. The van der Waals surface area contributed by atoms with Gasteiger partial charge < -0.3 is 4.18 Å². The highest BCUT2D eigenvalue weighted by molar-refractivity contribution is 8.30. The van der Waals surface area contributed by atoms with Gasteiger partial charge in [-0.15, -0.1) is 0 Å². The summed E-state index contributed by atoms with van der Waals surface area (Å²) < 4.78 is 6.68. The summed E-state index contributed by atoms with van der Waals surface area (Å²) in [6.45, 7) is 4.52. The van der Waals surface area contributed by atoms with Crippen LogP contribution in [-0.4, -0.2) is 11.5 Å². The third kappa shape index (κ3) is 4.54. The van der Waals surface area contributed by atoms with Gasteiger partial charge in [-0.2, -0.15) is 0 Å². The molecule has 0 unspecified atom stereocenters. The van der Waals surface area contributed by atoms with Crippen molar-refractivity contribution in [1.82, 2.24) is 0 Å². The van der Waals surface area contributed by atoms with Crippen LogP contribution in [0.4, 0.5) is 0 Å². The Balaban J connectivity index is 2.34. The van der Waals surface area contributed by atoms with Crippen molar-refractivity contribution < 1.29 is 4.18 Å². The van der Waals surface area contributed by atoms with E-state index in [4.69, 9.17) is 4.18 Å². The van der Waals surface area contributed by atoms with Crippen LogP contribution in [0.1, 0.15) is 39.5 Å². The number of hydrogen-bond acceptors (Lipinski definition) is 1. The molecule has 0 bridgehead atoms. The molecule has 2 heteroatoms. The van der Waals surface area contributed by atoms with Gasteiger partial charge in [0.25, 0.3) is 0 Å². The molecule has 2 aromatic rings. The van der Waals surface area contributed by atoms with E-state index in [0.717, 1.165) is 17.3 Å². The maximum absolute atomic E-state index is 6.68. The molecule has 0 radical (unpaired) electrons. The number of para-hydroxylation sites is 1. The lowest BCUT2D eigenvalue weighted by Gasteiger charge is -2.40. The highest BCUT2D eigenvalue weighted by atomic mass is 32.3. The van der Waals surface area contributed by atoms with Crippen molar-refractivity contribution in [2.75, 3.05) is 11.5 Å². The zero-order valence-electron chi connectivity index (χ0n) is 13.8. The van der Waals surface area contributed by atoms with E-state index in [2.05, 4.69) is 68.4 Å². The zero-order chi connectivity index (χ0) is 15.7. The molecular weight excluding hydrogens is 288 g/mol. The molecule has 0 atom stereocenters. The first-order valence-corrected chi connectivity index (χ1v) is 10.3. The summed E-state index contributed by atoms with van der Waals surface area (Å²) in [6, 6.07) is 21.2. The maximum atomic E-state index is 6.68. The number of rotatable bonds is 9. The minimum absolute atomic E-state index is 1.01. The third-order valence-corrected chi connectivity index (χ3v) is 7.37. The van der Waals surface area contributed by atoms with E-state index in [-0.39, 0.29) is 0 Å². The minimum atomic E-state index is -1.25. The molecule has 0 aliphatic carbocycles. The van der Waals surface area contributed by atoms with Gasteiger partial charge in [0.15, 0.2) is 0 Å². The molecule has 0 fully saturated rings. The molecular formula is C20H28OS. The lowest BCUT2D eigenvalue weighted by atomic mass is 10.3. The Morgan fingerprint density at radius 3 is 1.73 bits per heavy atom. The van der Waals surface area contributed by atoms with Gasteiger partial charge in [-0.1, -0.05) is 73.4 Å². The molecule has 1 nitrogen and oxygen atoms in total. The standard InChI is InChI=1S/C20H28OS/c1-3-5-17-22(18-6-4-2,20-15-11-8-12-16-20)21-19-13-9-7-10-14-19/h7-16H,3-6,17-18H2,1-2H3. The van der Waals surface area contributed by atoms with E-state index in [9.17, 15) is 0 Å². The van der Waals surface area contributed by atoms with Crippen LogP contribution in [0, 0.1) is 0 Å². The van der Waals surface area contributed by atoms with Gasteiger partial charge >= 0.3 is 0 Å². The van der Waals surface area contributed by atoms with E-state index in [1.54, 1.807) is 0 Å². The average molecular weight is 317 g/mol. The largest absolute Gasteiger partial charge is 0.445 e. The smallest absolute Gasteiger partial charge is 0.135 e. The molecule has 0 amide bonds. The van der Waals surface area contributed by atoms with Gasteiger partial charge in [0, 0.05) is 16.4 Å². The first kappa shape index (κ1) is 17.0. The van der Waals surface area contributed by atoms with Crippen LogP contribution in [0.5, 0.6) is 5.75 Å². The van der Waals surface area contributed by atoms with E-state index >= 15 is 0 Å². The molecule has 0 saturated carbocycles. The molecule has 0 aromatic heterocycles. The first-order valence-electron chi connectivity index (χ1n) is 8.39. The Labute approximate surface area is 137 Å². The van der Waals surface area contributed by atoms with Crippen molar-refractivity contribution in [2.45, 2.75) is 44.4 Å². The van der Waals surface area contributed by atoms with Gasteiger partial charge in [0.2, 0.25) is 0 Å². The molecule has 2 aromatic carbocycles. The molecule has 22 heavy (non-hydrogen) atoms. The Morgan fingerprint density at radius 1 is 0.727 bits per heavy atom. The first-order chi connectivity index (χ1) is 10.8. The summed E-state index contributed by atoms with van der Waals surface area (Å²) in [5.41, 5.74) is 0. The van der Waals surface area contributed by atoms with Crippen LogP contribution in [0.2, 0.25) is 0 Å². The van der Waals surface area contributed by atoms with Crippen LogP contribution in [-0.2, 0) is 0 Å². The Hall–Kier alpha value is -1.41. The van der Waals surface area contributed by atoms with Crippen LogP contribution >= 0.6 is 10.3 Å². The maximum Gasteiger partial charge on any atom is 0.135 e. The average Bonchev–Trinajstić information content (AvgIpc) is 2.59. The lowest BCUT2D eigenvalue weighted by Crippen LogP contribution is -2.17. The van der Waals surface area contributed by atoms with E-state index in [1.807, 2.05) is 6.07 Å². The highest BCUT2D eigenvalue weighted by Gasteiger charge is 2.27. The number of unbranched alkanes of at least 4 members (excludes halogenated alkanes) is 2. The third-order valence-electron chi connectivity index (χ3n) is 3.83.